The van der Waals surface area contributed by atoms with Gasteiger partial charge in [-0.05, 0) is 25.0 Å². The maximum Gasteiger partial charge on any atom is 0.191 e. The van der Waals surface area contributed by atoms with Gasteiger partial charge in [-0.2, -0.15) is 0 Å². The maximum atomic E-state index is 5.96. The summed E-state index contributed by atoms with van der Waals surface area (Å²) >= 11 is 0. The Hall–Kier alpha value is -1.26. The van der Waals surface area contributed by atoms with Gasteiger partial charge in [0.15, 0.2) is 17.5 Å². The van der Waals surface area contributed by atoms with Crippen LogP contribution in [0, 0.1) is 0 Å². The topological polar surface area (TPSA) is 67.4 Å². The molecule has 0 bridgehead atoms. The van der Waals surface area contributed by atoms with Crippen molar-refractivity contribution in [1.29, 1.82) is 0 Å². The number of fused-ring (bicyclic) bond motifs is 1. The van der Waals surface area contributed by atoms with Gasteiger partial charge in [0.25, 0.3) is 0 Å². The molecule has 1 saturated carbocycles. The fraction of sp³-hybridized carbons (Fsp3) is 0.632. The summed E-state index contributed by atoms with van der Waals surface area (Å²) in [5, 5.41) is 6.70. The number of guanidine groups is 1. The smallest absolute Gasteiger partial charge is 0.191 e. The second-order valence-corrected chi connectivity index (χ2v) is 6.64. The first-order chi connectivity index (χ1) is 12.8. The fourth-order valence-electron chi connectivity index (χ4n) is 3.04. The van der Waals surface area contributed by atoms with Crippen molar-refractivity contribution in [3.63, 3.8) is 0 Å². The highest BCUT2D eigenvalue weighted by Crippen LogP contribution is 2.30. The normalized spacial score (nSPS) is 18.8. The van der Waals surface area contributed by atoms with E-state index in [-0.39, 0.29) is 30.1 Å². The van der Waals surface area contributed by atoms with E-state index in [0.29, 0.717) is 13.2 Å². The number of rotatable bonds is 9. The Morgan fingerprint density at radius 2 is 2.00 bits per heavy atom. The molecule has 1 unspecified atom stereocenters. The first kappa shape index (κ1) is 22.0. The molecular weight excluding hydrogens is 459 g/mol. The molecule has 2 aliphatic rings. The van der Waals surface area contributed by atoms with Crippen molar-refractivity contribution in [2.45, 2.75) is 25.0 Å². The Kier molecular flexibility index (Phi) is 9.43. The monoisotopic (exact) mass is 490 g/mol. The van der Waals surface area contributed by atoms with Crippen LogP contribution >= 0.6 is 24.0 Å². The fourth-order valence-corrected chi connectivity index (χ4v) is 3.04. The van der Waals surface area contributed by atoms with E-state index in [1.54, 1.807) is 14.2 Å². The zero-order valence-electron chi connectivity index (χ0n) is 16.1. The number of aliphatic imine (C=N–C) groups is 1. The summed E-state index contributed by atoms with van der Waals surface area (Å²) < 4.78 is 16.9. The quantitative estimate of drug-likeness (QED) is 0.312. The number of benzene rings is 1. The lowest BCUT2D eigenvalue weighted by molar-refractivity contribution is 0.0936. The summed E-state index contributed by atoms with van der Waals surface area (Å²) in [7, 11) is 3.54. The Morgan fingerprint density at radius 3 is 2.70 bits per heavy atom. The summed E-state index contributed by atoms with van der Waals surface area (Å²) in [6, 6.07) is 8.49. The average Bonchev–Trinajstić information content (AvgIpc) is 3.52. The van der Waals surface area contributed by atoms with Crippen LogP contribution < -0.4 is 20.1 Å². The molecule has 0 radical (unpaired) electrons. The molecule has 1 heterocycles. The molecule has 1 fully saturated rings. The zero-order valence-corrected chi connectivity index (χ0v) is 18.5. The zero-order chi connectivity index (χ0) is 18.2. The highest BCUT2D eigenvalue weighted by molar-refractivity contribution is 14.0. The van der Waals surface area contributed by atoms with Crippen LogP contribution in [0.4, 0.5) is 0 Å². The van der Waals surface area contributed by atoms with Gasteiger partial charge in [0.05, 0.1) is 13.2 Å². The SMILES string of the molecule is CN=C(NCCN(CCOC)C1CC1)NCC1COc2ccccc2O1.I. The molecule has 1 aromatic rings. The number of hydrogen-bond acceptors (Lipinski definition) is 5. The second kappa shape index (κ2) is 11.6. The van der Waals surface area contributed by atoms with Gasteiger partial charge < -0.3 is 24.8 Å². The first-order valence-corrected chi connectivity index (χ1v) is 9.36. The maximum absolute atomic E-state index is 5.96. The van der Waals surface area contributed by atoms with E-state index < -0.39 is 0 Å². The van der Waals surface area contributed by atoms with Gasteiger partial charge in [-0.25, -0.2) is 0 Å². The van der Waals surface area contributed by atoms with E-state index in [0.717, 1.165) is 49.7 Å². The molecule has 0 spiro atoms. The molecule has 1 aliphatic heterocycles. The Morgan fingerprint density at radius 1 is 1.22 bits per heavy atom. The van der Waals surface area contributed by atoms with Crippen molar-refractivity contribution in [1.82, 2.24) is 15.5 Å². The average molecular weight is 490 g/mol. The van der Waals surface area contributed by atoms with Crippen LogP contribution in [0.15, 0.2) is 29.3 Å². The van der Waals surface area contributed by atoms with E-state index in [4.69, 9.17) is 14.2 Å². The van der Waals surface area contributed by atoms with Crippen LogP contribution in [0.1, 0.15) is 12.8 Å². The molecule has 3 rings (SSSR count). The molecule has 0 saturated heterocycles. The summed E-state index contributed by atoms with van der Waals surface area (Å²) in [4.78, 5) is 6.78. The highest BCUT2D eigenvalue weighted by Gasteiger charge is 2.28. The van der Waals surface area contributed by atoms with Gasteiger partial charge in [0.1, 0.15) is 12.7 Å². The van der Waals surface area contributed by atoms with Gasteiger partial charge in [0, 0.05) is 39.8 Å². The predicted molar refractivity (Wildman–Crippen MR) is 118 cm³/mol. The van der Waals surface area contributed by atoms with Crippen LogP contribution in [-0.2, 0) is 4.74 Å². The third kappa shape index (κ3) is 7.00. The van der Waals surface area contributed by atoms with Gasteiger partial charge in [-0.1, -0.05) is 12.1 Å². The second-order valence-electron chi connectivity index (χ2n) is 6.64. The van der Waals surface area contributed by atoms with E-state index >= 15 is 0 Å². The van der Waals surface area contributed by atoms with Crippen LogP contribution in [-0.4, -0.2) is 76.6 Å². The summed E-state index contributed by atoms with van der Waals surface area (Å²) in [6.45, 7) is 4.79. The van der Waals surface area contributed by atoms with Gasteiger partial charge >= 0.3 is 0 Å². The van der Waals surface area contributed by atoms with Crippen LogP contribution in [0.2, 0.25) is 0 Å². The molecule has 8 heteroatoms. The molecular formula is C19H31IN4O3. The van der Waals surface area contributed by atoms with Crippen molar-refractivity contribution in [2.75, 3.05) is 53.6 Å². The lowest BCUT2D eigenvalue weighted by Gasteiger charge is -2.27. The Labute approximate surface area is 178 Å². The molecule has 0 amide bonds. The molecule has 0 aromatic heterocycles. The standard InChI is InChI=1S/C19H30N4O3.HI/c1-20-19(21-9-10-23(11-12-24-2)15-7-8-15)22-13-16-14-25-17-5-3-4-6-18(17)26-16;/h3-6,15-16H,7-14H2,1-2H3,(H2,20,21,22);1H. The number of halogens is 1. The number of hydrogen-bond donors (Lipinski definition) is 2. The van der Waals surface area contributed by atoms with Crippen molar-refractivity contribution in [2.24, 2.45) is 4.99 Å². The Bertz CT molecular complexity index is 598. The number of methoxy groups -OCH3 is 1. The summed E-state index contributed by atoms with van der Waals surface area (Å²) in [6.07, 6.45) is 2.57. The van der Waals surface area contributed by atoms with Gasteiger partial charge in [-0.15, -0.1) is 24.0 Å². The molecule has 7 nitrogen and oxygen atoms in total. The van der Waals surface area contributed by atoms with Crippen molar-refractivity contribution < 1.29 is 14.2 Å². The van der Waals surface area contributed by atoms with E-state index in [1.165, 1.54) is 12.8 Å². The lowest BCUT2D eigenvalue weighted by Crippen LogP contribution is -2.47. The van der Waals surface area contributed by atoms with E-state index in [2.05, 4.69) is 20.5 Å². The summed E-state index contributed by atoms with van der Waals surface area (Å²) in [5.41, 5.74) is 0. The van der Waals surface area contributed by atoms with Crippen molar-refractivity contribution in [3.8, 4) is 11.5 Å². The third-order valence-corrected chi connectivity index (χ3v) is 4.63. The largest absolute Gasteiger partial charge is 0.486 e. The number of nitrogens with zero attached hydrogens (tertiary/aromatic N) is 2. The number of nitrogens with one attached hydrogen (secondary N) is 2. The third-order valence-electron chi connectivity index (χ3n) is 4.63. The Balaban J connectivity index is 0.00000261. The van der Waals surface area contributed by atoms with Gasteiger partial charge in [0.2, 0.25) is 0 Å². The molecule has 1 aliphatic carbocycles. The lowest BCUT2D eigenvalue weighted by atomic mass is 10.2. The number of para-hydroxylation sites is 2. The van der Waals surface area contributed by atoms with Crippen LogP contribution in [0.5, 0.6) is 11.5 Å². The van der Waals surface area contributed by atoms with Gasteiger partial charge in [-0.3, -0.25) is 9.89 Å². The number of ether oxygens (including phenoxy) is 3. The van der Waals surface area contributed by atoms with Crippen LogP contribution in [0.3, 0.4) is 0 Å². The minimum Gasteiger partial charge on any atom is -0.486 e. The first-order valence-electron chi connectivity index (χ1n) is 9.36. The minimum absolute atomic E-state index is 0. The molecule has 1 atom stereocenters. The molecule has 2 N–H and O–H groups in total. The van der Waals surface area contributed by atoms with Crippen molar-refractivity contribution >= 4 is 29.9 Å². The van der Waals surface area contributed by atoms with Crippen molar-refractivity contribution in [3.05, 3.63) is 24.3 Å². The minimum atomic E-state index is -0.0342. The van der Waals surface area contributed by atoms with E-state index in [9.17, 15) is 0 Å². The predicted octanol–water partition coefficient (Wildman–Crippen LogP) is 1.72. The van der Waals surface area contributed by atoms with E-state index in [1.807, 2.05) is 24.3 Å². The molecule has 1 aromatic carbocycles. The van der Waals surface area contributed by atoms with Crippen LogP contribution in [0.25, 0.3) is 0 Å². The highest BCUT2D eigenvalue weighted by atomic mass is 127. The summed E-state index contributed by atoms with van der Waals surface area (Å²) in [5.74, 6) is 2.39. The molecule has 27 heavy (non-hydrogen) atoms. The molecule has 152 valence electrons.